The van der Waals surface area contributed by atoms with Crippen LogP contribution in [0.15, 0.2) is 42.5 Å². The van der Waals surface area contributed by atoms with E-state index in [-0.39, 0.29) is 30.8 Å². The lowest BCUT2D eigenvalue weighted by Gasteiger charge is -2.28. The maximum atomic E-state index is 13.2. The summed E-state index contributed by atoms with van der Waals surface area (Å²) < 4.78 is 18.9. The minimum atomic E-state index is -0.678. The minimum absolute atomic E-state index is 0.185. The van der Waals surface area contributed by atoms with Gasteiger partial charge in [0.05, 0.1) is 0 Å². The molecule has 0 aromatic heterocycles. The molecule has 2 rings (SSSR count). The largest absolute Gasteiger partial charge is 0.484 e. The third-order valence-corrected chi connectivity index (χ3v) is 4.82. The molecular weight excluding hydrogens is 371 g/mol. The number of benzene rings is 2. The molecule has 0 fully saturated rings. The highest BCUT2D eigenvalue weighted by atomic mass is 19.1. The summed E-state index contributed by atoms with van der Waals surface area (Å²) in [4.78, 5) is 26.8. The number of hydrogen-bond acceptors (Lipinski definition) is 3. The molecule has 0 spiro atoms. The summed E-state index contributed by atoms with van der Waals surface area (Å²) >= 11 is 0. The topological polar surface area (TPSA) is 58.6 Å². The summed E-state index contributed by atoms with van der Waals surface area (Å²) in [5, 5.41) is 2.82. The molecule has 0 aliphatic carbocycles. The van der Waals surface area contributed by atoms with Gasteiger partial charge >= 0.3 is 0 Å². The Hall–Kier alpha value is -2.89. The summed E-state index contributed by atoms with van der Waals surface area (Å²) in [6.07, 6.45) is 0.806. The molecular formula is C23H29FN2O3. The first kappa shape index (κ1) is 22.4. The van der Waals surface area contributed by atoms with Crippen molar-refractivity contribution in [2.24, 2.45) is 0 Å². The highest BCUT2D eigenvalue weighted by molar-refractivity contribution is 5.87. The van der Waals surface area contributed by atoms with Crippen LogP contribution >= 0.6 is 0 Å². The molecule has 0 saturated carbocycles. The van der Waals surface area contributed by atoms with Crippen LogP contribution in [0.2, 0.25) is 0 Å². The summed E-state index contributed by atoms with van der Waals surface area (Å²) in [5.74, 6) is -0.287. The lowest BCUT2D eigenvalue weighted by Crippen LogP contribution is -2.49. The van der Waals surface area contributed by atoms with Gasteiger partial charge in [0.2, 0.25) is 5.91 Å². The Morgan fingerprint density at radius 2 is 1.79 bits per heavy atom. The number of amides is 2. The van der Waals surface area contributed by atoms with Crippen LogP contribution in [-0.4, -0.2) is 35.9 Å². The summed E-state index contributed by atoms with van der Waals surface area (Å²) in [5.41, 5.74) is 2.95. The van der Waals surface area contributed by atoms with Crippen LogP contribution in [0.3, 0.4) is 0 Å². The first-order valence-corrected chi connectivity index (χ1v) is 9.83. The predicted octanol–water partition coefficient (Wildman–Crippen LogP) is 3.76. The zero-order valence-electron chi connectivity index (χ0n) is 17.5. The van der Waals surface area contributed by atoms with Crippen LogP contribution in [0, 0.1) is 19.7 Å². The van der Waals surface area contributed by atoms with Crippen LogP contribution in [0.4, 0.5) is 4.39 Å². The summed E-state index contributed by atoms with van der Waals surface area (Å²) in [7, 11) is 0. The molecule has 1 unspecified atom stereocenters. The van der Waals surface area contributed by atoms with Gasteiger partial charge in [-0.25, -0.2) is 4.39 Å². The van der Waals surface area contributed by atoms with Gasteiger partial charge in [-0.05, 0) is 68.1 Å². The van der Waals surface area contributed by atoms with E-state index in [2.05, 4.69) is 5.32 Å². The molecule has 1 N–H and O–H groups in total. The quantitative estimate of drug-likeness (QED) is 0.697. The standard InChI is InChI=1S/C23H29FN2O3/c1-5-12-25-23(28)18(4)26(14-19-7-9-20(24)10-8-19)22(27)15-29-21-11-6-16(2)17(3)13-21/h6-11,13,18H,5,12,14-15H2,1-4H3,(H,25,28). The molecule has 0 heterocycles. The Morgan fingerprint density at radius 3 is 2.41 bits per heavy atom. The Morgan fingerprint density at radius 1 is 1.10 bits per heavy atom. The van der Waals surface area contributed by atoms with Gasteiger partial charge in [-0.1, -0.05) is 25.1 Å². The second-order valence-corrected chi connectivity index (χ2v) is 7.15. The van der Waals surface area contributed by atoms with E-state index in [1.54, 1.807) is 19.1 Å². The molecule has 0 saturated heterocycles. The number of rotatable bonds is 9. The summed E-state index contributed by atoms with van der Waals surface area (Å²) in [6.45, 7) is 8.18. The van der Waals surface area contributed by atoms with Gasteiger partial charge in [0.25, 0.3) is 5.91 Å². The first-order chi connectivity index (χ1) is 13.8. The Bertz CT molecular complexity index is 837. The number of carbonyl (C=O) groups excluding carboxylic acids is 2. The average molecular weight is 400 g/mol. The van der Waals surface area contributed by atoms with Crippen molar-refractivity contribution in [2.45, 2.75) is 46.7 Å². The fourth-order valence-electron chi connectivity index (χ4n) is 2.80. The molecule has 2 aromatic rings. The molecule has 2 amide bonds. The van der Waals surface area contributed by atoms with Gasteiger partial charge in [-0.2, -0.15) is 0 Å². The lowest BCUT2D eigenvalue weighted by molar-refractivity contribution is -0.142. The Kier molecular flexibility index (Phi) is 8.19. The van der Waals surface area contributed by atoms with E-state index in [1.165, 1.54) is 17.0 Å². The molecule has 0 aliphatic rings. The number of ether oxygens (including phenoxy) is 1. The number of nitrogens with zero attached hydrogens (tertiary/aromatic N) is 1. The van der Waals surface area contributed by atoms with E-state index in [1.807, 2.05) is 39.0 Å². The normalized spacial score (nSPS) is 11.6. The van der Waals surface area contributed by atoms with E-state index in [0.29, 0.717) is 12.3 Å². The molecule has 0 bridgehead atoms. The fraction of sp³-hybridized carbons (Fsp3) is 0.391. The average Bonchev–Trinajstić information content (AvgIpc) is 2.71. The Balaban J connectivity index is 2.13. The highest BCUT2D eigenvalue weighted by Crippen LogP contribution is 2.17. The summed E-state index contributed by atoms with van der Waals surface area (Å²) in [6, 6.07) is 10.8. The van der Waals surface area contributed by atoms with Crippen LogP contribution in [-0.2, 0) is 16.1 Å². The van der Waals surface area contributed by atoms with Crippen LogP contribution in [0.25, 0.3) is 0 Å². The number of hydrogen-bond donors (Lipinski definition) is 1. The van der Waals surface area contributed by atoms with Gasteiger partial charge in [0.1, 0.15) is 17.6 Å². The molecule has 6 heteroatoms. The Labute approximate surface area is 171 Å². The third kappa shape index (κ3) is 6.59. The number of aryl methyl sites for hydroxylation is 2. The molecule has 1 atom stereocenters. The van der Waals surface area contributed by atoms with Gasteiger partial charge in [0.15, 0.2) is 6.61 Å². The molecule has 156 valence electrons. The van der Waals surface area contributed by atoms with Crippen molar-refractivity contribution in [3.63, 3.8) is 0 Å². The van der Waals surface area contributed by atoms with E-state index < -0.39 is 6.04 Å². The molecule has 5 nitrogen and oxygen atoms in total. The van der Waals surface area contributed by atoms with Gasteiger partial charge in [0, 0.05) is 13.1 Å². The monoisotopic (exact) mass is 400 g/mol. The van der Waals surface area contributed by atoms with Crippen molar-refractivity contribution in [3.05, 3.63) is 65.0 Å². The number of carbonyl (C=O) groups is 2. The van der Waals surface area contributed by atoms with Crippen molar-refractivity contribution in [1.82, 2.24) is 10.2 Å². The van der Waals surface area contributed by atoms with E-state index in [0.717, 1.165) is 23.1 Å². The van der Waals surface area contributed by atoms with Gasteiger partial charge in [-0.15, -0.1) is 0 Å². The highest BCUT2D eigenvalue weighted by Gasteiger charge is 2.26. The van der Waals surface area contributed by atoms with Crippen molar-refractivity contribution < 1.29 is 18.7 Å². The lowest BCUT2D eigenvalue weighted by atomic mass is 10.1. The first-order valence-electron chi connectivity index (χ1n) is 9.83. The van der Waals surface area contributed by atoms with E-state index >= 15 is 0 Å². The number of halogens is 1. The van der Waals surface area contributed by atoms with E-state index in [9.17, 15) is 14.0 Å². The third-order valence-electron chi connectivity index (χ3n) is 4.82. The van der Waals surface area contributed by atoms with Crippen molar-refractivity contribution in [3.8, 4) is 5.75 Å². The fourth-order valence-corrected chi connectivity index (χ4v) is 2.80. The maximum Gasteiger partial charge on any atom is 0.261 e. The second kappa shape index (κ2) is 10.6. The minimum Gasteiger partial charge on any atom is -0.484 e. The molecule has 0 radical (unpaired) electrons. The predicted molar refractivity (Wildman–Crippen MR) is 111 cm³/mol. The van der Waals surface area contributed by atoms with Crippen LogP contribution < -0.4 is 10.1 Å². The zero-order chi connectivity index (χ0) is 21.4. The zero-order valence-corrected chi connectivity index (χ0v) is 17.5. The smallest absolute Gasteiger partial charge is 0.261 e. The molecule has 29 heavy (non-hydrogen) atoms. The molecule has 0 aliphatic heterocycles. The number of nitrogens with one attached hydrogen (secondary N) is 1. The van der Waals surface area contributed by atoms with Crippen molar-refractivity contribution >= 4 is 11.8 Å². The van der Waals surface area contributed by atoms with E-state index in [4.69, 9.17) is 4.74 Å². The van der Waals surface area contributed by atoms with Crippen LogP contribution in [0.5, 0.6) is 5.75 Å². The van der Waals surface area contributed by atoms with Gasteiger partial charge < -0.3 is 15.0 Å². The van der Waals surface area contributed by atoms with Crippen molar-refractivity contribution in [2.75, 3.05) is 13.2 Å². The SMILES string of the molecule is CCCNC(=O)C(C)N(Cc1ccc(F)cc1)C(=O)COc1ccc(C)c(C)c1. The second-order valence-electron chi connectivity index (χ2n) is 7.15. The molecule has 2 aromatic carbocycles. The van der Waals surface area contributed by atoms with Crippen LogP contribution in [0.1, 0.15) is 37.0 Å². The maximum absolute atomic E-state index is 13.2. The van der Waals surface area contributed by atoms with Crippen molar-refractivity contribution in [1.29, 1.82) is 0 Å². The van der Waals surface area contributed by atoms with Gasteiger partial charge in [-0.3, -0.25) is 9.59 Å².